The number of hydrogen-bond acceptors (Lipinski definition) is 4. The number of aromatic carboxylic acids is 1. The van der Waals surface area contributed by atoms with Gasteiger partial charge in [-0.05, 0) is 103 Å². The molecule has 1 aliphatic rings. The first-order valence-corrected chi connectivity index (χ1v) is 13.8. The quantitative estimate of drug-likeness (QED) is 0.219. The summed E-state index contributed by atoms with van der Waals surface area (Å²) < 4.78 is 14.5. The lowest BCUT2D eigenvalue weighted by molar-refractivity contribution is 0.0695. The summed E-state index contributed by atoms with van der Waals surface area (Å²) in [6, 6.07) is 15.6. The predicted octanol–water partition coefficient (Wildman–Crippen LogP) is 7.65. The summed E-state index contributed by atoms with van der Waals surface area (Å²) >= 11 is 6.38. The number of hydrogen-bond donors (Lipinski definition) is 2. The van der Waals surface area contributed by atoms with E-state index < -0.39 is 5.97 Å². The van der Waals surface area contributed by atoms with E-state index >= 15 is 0 Å². The van der Waals surface area contributed by atoms with E-state index in [-0.39, 0.29) is 32.3 Å². The number of fused-ring (bicyclic) bond motifs is 1. The van der Waals surface area contributed by atoms with Gasteiger partial charge in [0, 0.05) is 5.56 Å². The highest BCUT2D eigenvalue weighted by Crippen LogP contribution is 2.34. The topological polar surface area (TPSA) is 84.4 Å². The number of methoxy groups -OCH3 is 1. The van der Waals surface area contributed by atoms with Crippen LogP contribution in [0.4, 0.5) is 0 Å². The standard InChI is InChI=1S/C28H22ClIN2O4/c1-15-10-20(11-21(16(15)2)27(33)34)36-28-31-24-12-22(23(29)13-25(24)32-28)18-6-4-17(5-7-18)19-8-9-26(35-3)30-14-19/h4-14H,1-3H3,(H,31,32)(H,33,34). The van der Waals surface area contributed by atoms with Crippen molar-refractivity contribution in [3.05, 3.63) is 91.7 Å². The highest BCUT2D eigenvalue weighted by atomic mass is 127. The van der Waals surface area contributed by atoms with Crippen molar-refractivity contribution >= 4 is 58.9 Å². The average molecular weight is 613 g/mol. The Kier molecular flexibility index (Phi) is 6.68. The smallest absolute Gasteiger partial charge is 0.336 e. The van der Waals surface area contributed by atoms with Crippen LogP contribution in [0.2, 0.25) is 5.02 Å². The van der Waals surface area contributed by atoms with Gasteiger partial charge in [0.15, 0.2) is 3.77 Å². The molecule has 0 bridgehead atoms. The van der Waals surface area contributed by atoms with Crippen molar-refractivity contribution in [3.8, 4) is 22.9 Å². The second-order valence-electron chi connectivity index (χ2n) is 8.30. The Balaban J connectivity index is 1.43. The summed E-state index contributed by atoms with van der Waals surface area (Å²) in [4.78, 5) is 19.2. The molecule has 0 radical (unpaired) electrons. The maximum absolute atomic E-state index is 11.6. The Hall–Kier alpha value is -3.43. The molecular weight excluding hydrogens is 591 g/mol. The molecule has 0 aliphatic carbocycles. The van der Waals surface area contributed by atoms with Crippen LogP contribution >= 0.6 is 32.3 Å². The molecule has 0 saturated heterocycles. The van der Waals surface area contributed by atoms with E-state index in [0.717, 1.165) is 31.5 Å². The van der Waals surface area contributed by atoms with Crippen molar-refractivity contribution in [2.45, 2.75) is 13.8 Å². The number of aromatic amines is 1. The number of carbonyl (C=O) groups is 1. The Morgan fingerprint density at radius 2 is 1.81 bits per heavy atom. The van der Waals surface area contributed by atoms with E-state index in [4.69, 9.17) is 21.1 Å². The molecule has 0 atom stereocenters. The summed E-state index contributed by atoms with van der Waals surface area (Å²) in [5.74, 6) is -0.594. The molecule has 1 aliphatic heterocycles. The van der Waals surface area contributed by atoms with E-state index in [9.17, 15) is 9.90 Å². The van der Waals surface area contributed by atoms with E-state index in [1.54, 1.807) is 20.1 Å². The Morgan fingerprint density at radius 3 is 2.47 bits per heavy atom. The minimum atomic E-state index is -0.997. The summed E-state index contributed by atoms with van der Waals surface area (Å²) in [5.41, 5.74) is 7.35. The number of carboxylic acids is 1. The van der Waals surface area contributed by atoms with Crippen LogP contribution in [-0.2, 0) is 4.74 Å². The van der Waals surface area contributed by atoms with Crippen LogP contribution in [0.3, 0.4) is 0 Å². The lowest BCUT2D eigenvalue weighted by Crippen LogP contribution is -2.02. The maximum atomic E-state index is 11.6. The number of carboxylic acid groups (broad SMARTS) is 1. The molecule has 0 amide bonds. The van der Waals surface area contributed by atoms with Crippen molar-refractivity contribution in [2.24, 2.45) is 0 Å². The summed E-state index contributed by atoms with van der Waals surface area (Å²) in [6.45, 7) is 3.63. The fraction of sp³-hybridized carbons (Fsp3) is 0.107. The van der Waals surface area contributed by atoms with Gasteiger partial charge in [0.25, 0.3) is 6.01 Å². The number of rotatable bonds is 6. The molecule has 4 aromatic rings. The van der Waals surface area contributed by atoms with Crippen LogP contribution in [0.5, 0.6) is 11.8 Å². The van der Waals surface area contributed by atoms with Gasteiger partial charge in [-0.25, -0.2) is 4.79 Å². The van der Waals surface area contributed by atoms with Gasteiger partial charge < -0.3 is 19.6 Å². The monoisotopic (exact) mass is 612 g/mol. The summed E-state index contributed by atoms with van der Waals surface area (Å²) in [7, 11) is 1.71. The number of nitrogens with zero attached hydrogens (tertiary/aromatic N) is 1. The summed E-state index contributed by atoms with van der Waals surface area (Å²) in [5, 5.41) is 10.1. The molecule has 0 unspecified atom stereocenters. The fourth-order valence-electron chi connectivity index (χ4n) is 3.95. The van der Waals surface area contributed by atoms with Crippen molar-refractivity contribution in [2.75, 3.05) is 7.11 Å². The normalized spacial score (nSPS) is 13.1. The molecule has 1 aromatic heterocycles. The third-order valence-electron chi connectivity index (χ3n) is 6.03. The van der Waals surface area contributed by atoms with Crippen molar-refractivity contribution in [3.63, 3.8) is 0 Å². The molecule has 2 heterocycles. The van der Waals surface area contributed by atoms with E-state index in [0.29, 0.717) is 21.9 Å². The Labute approximate surface area is 223 Å². The molecule has 6 nitrogen and oxygen atoms in total. The second-order valence-corrected chi connectivity index (χ2v) is 11.0. The number of nitrogens with one attached hydrogen (secondary N) is 1. The molecule has 5 rings (SSSR count). The second kappa shape index (κ2) is 9.91. The largest absolute Gasteiger partial charge is 0.491 e. The third-order valence-corrected chi connectivity index (χ3v) is 8.74. The Bertz CT molecular complexity index is 1600. The SMILES string of the molecule is COC1=CC=C(c2ccc(-c3cc4nc(Oc5cc(C)c(C)c(C(=O)O)c5)[nH]c4cc3Cl)cc2)C=I1. The molecule has 0 fully saturated rings. The number of aromatic nitrogens is 2. The minimum absolute atomic E-state index is 0.202. The van der Waals surface area contributed by atoms with Gasteiger partial charge in [-0.3, -0.25) is 0 Å². The number of H-pyrrole nitrogens is 1. The van der Waals surface area contributed by atoms with Gasteiger partial charge in [-0.1, -0.05) is 35.9 Å². The number of benzene rings is 3. The number of ether oxygens (including phenoxy) is 2. The lowest BCUT2D eigenvalue weighted by Gasteiger charge is -2.09. The maximum Gasteiger partial charge on any atom is 0.336 e. The minimum Gasteiger partial charge on any atom is -0.491 e. The van der Waals surface area contributed by atoms with Gasteiger partial charge in [-0.15, -0.1) is 0 Å². The zero-order valence-corrected chi connectivity index (χ0v) is 22.6. The van der Waals surface area contributed by atoms with Crippen LogP contribution in [0.25, 0.3) is 27.7 Å². The van der Waals surface area contributed by atoms with Gasteiger partial charge in [-0.2, -0.15) is 4.98 Å². The van der Waals surface area contributed by atoms with Gasteiger partial charge in [0.2, 0.25) is 0 Å². The Morgan fingerprint density at radius 1 is 1.06 bits per heavy atom. The van der Waals surface area contributed by atoms with E-state index in [2.05, 4.69) is 44.3 Å². The van der Waals surface area contributed by atoms with Crippen molar-refractivity contribution in [1.29, 1.82) is 0 Å². The molecule has 0 saturated carbocycles. The molecule has 2 N–H and O–H groups in total. The third kappa shape index (κ3) is 4.81. The predicted molar refractivity (Wildman–Crippen MR) is 153 cm³/mol. The van der Waals surface area contributed by atoms with Crippen molar-refractivity contribution < 1.29 is 19.4 Å². The van der Waals surface area contributed by atoms with Crippen molar-refractivity contribution in [1.82, 2.24) is 9.97 Å². The van der Waals surface area contributed by atoms with Crippen LogP contribution in [-0.4, -0.2) is 32.2 Å². The number of imidazole rings is 1. The van der Waals surface area contributed by atoms with Crippen LogP contribution in [0.1, 0.15) is 27.0 Å². The molecule has 182 valence electrons. The van der Waals surface area contributed by atoms with E-state index in [1.807, 2.05) is 25.1 Å². The zero-order valence-electron chi connectivity index (χ0n) is 19.7. The van der Waals surface area contributed by atoms with Crippen LogP contribution < -0.4 is 4.74 Å². The van der Waals surface area contributed by atoms with Crippen LogP contribution in [0, 0.1) is 13.8 Å². The zero-order chi connectivity index (χ0) is 25.4. The molecule has 0 spiro atoms. The highest BCUT2D eigenvalue weighted by molar-refractivity contribution is 14.2. The highest BCUT2D eigenvalue weighted by Gasteiger charge is 2.15. The van der Waals surface area contributed by atoms with Gasteiger partial charge >= 0.3 is 5.97 Å². The molecule has 8 heteroatoms. The first-order chi connectivity index (χ1) is 17.3. The number of allylic oxidation sites excluding steroid dienone is 3. The van der Waals surface area contributed by atoms with E-state index in [1.165, 1.54) is 11.6 Å². The molecule has 36 heavy (non-hydrogen) atoms. The molecular formula is C28H22ClIN2O4. The fourth-order valence-corrected chi connectivity index (χ4v) is 6.07. The van der Waals surface area contributed by atoms with Gasteiger partial charge in [0.05, 0.1) is 28.7 Å². The number of halogens is 2. The van der Waals surface area contributed by atoms with Crippen LogP contribution in [0.15, 0.2) is 64.4 Å². The first-order valence-electron chi connectivity index (χ1n) is 11.1. The number of aryl methyl sites for hydroxylation is 1. The average Bonchev–Trinajstić information content (AvgIpc) is 3.26. The van der Waals surface area contributed by atoms with Gasteiger partial charge in [0.1, 0.15) is 5.75 Å². The molecule has 3 aromatic carbocycles. The summed E-state index contributed by atoms with van der Waals surface area (Å²) in [6.07, 6.45) is 4.12. The first kappa shape index (κ1) is 24.3. The lowest BCUT2D eigenvalue weighted by atomic mass is 10.0.